The minimum atomic E-state index is -0.469. The molecule has 0 spiro atoms. The zero-order valence-corrected chi connectivity index (χ0v) is 9.33. The van der Waals surface area contributed by atoms with Crippen LogP contribution in [0.2, 0.25) is 0 Å². The van der Waals surface area contributed by atoms with Gasteiger partial charge in [0.05, 0.1) is 13.2 Å². The molecule has 88 valence electrons. The molecule has 0 aromatic heterocycles. The number of carbonyl (C=O) groups excluding carboxylic acids is 1. The van der Waals surface area contributed by atoms with Crippen LogP contribution in [0.3, 0.4) is 0 Å². The van der Waals surface area contributed by atoms with Crippen LogP contribution in [0.1, 0.15) is 5.56 Å². The van der Waals surface area contributed by atoms with Gasteiger partial charge in [-0.05, 0) is 12.1 Å². The van der Waals surface area contributed by atoms with Crippen molar-refractivity contribution >= 4 is 11.6 Å². The van der Waals surface area contributed by atoms with E-state index in [2.05, 4.69) is 5.32 Å². The number of hydrogen-bond acceptors (Lipinski definition) is 3. The van der Waals surface area contributed by atoms with Crippen molar-refractivity contribution in [1.29, 1.82) is 0 Å². The molecule has 0 radical (unpaired) electrons. The molecule has 0 aliphatic rings. The van der Waals surface area contributed by atoms with Gasteiger partial charge in [0.2, 0.25) is 5.91 Å². The Morgan fingerprint density at radius 3 is 2.81 bits per heavy atom. The molecule has 0 unspecified atom stereocenters. The summed E-state index contributed by atoms with van der Waals surface area (Å²) in [6.45, 7) is -0.271. The fourth-order valence-corrected chi connectivity index (χ4v) is 1.44. The molecule has 0 aliphatic carbocycles. The van der Waals surface area contributed by atoms with E-state index >= 15 is 0 Å². The zero-order chi connectivity index (χ0) is 12.1. The second-order valence-electron chi connectivity index (χ2n) is 3.42. The summed E-state index contributed by atoms with van der Waals surface area (Å²) in [5.74, 6) is -0.639. The average Bonchev–Trinajstić information content (AvgIpc) is 2.28. The van der Waals surface area contributed by atoms with Gasteiger partial charge in [-0.2, -0.15) is 0 Å². The molecular formula is C11H15FN2O2. The molecular weight excluding hydrogens is 211 g/mol. The fraction of sp³-hybridized carbons (Fsp3) is 0.364. The molecule has 1 rings (SSSR count). The maximum Gasteiger partial charge on any atom is 0.239 e. The number of likely N-dealkylation sites (N-methyl/N-ethyl adjacent to an activating group) is 2. The molecule has 16 heavy (non-hydrogen) atoms. The molecule has 0 atom stereocenters. The third-order valence-electron chi connectivity index (χ3n) is 2.32. The summed E-state index contributed by atoms with van der Waals surface area (Å²) in [4.78, 5) is 12.8. The lowest BCUT2D eigenvalue weighted by Gasteiger charge is -2.21. The molecule has 1 amide bonds. The number of aliphatic hydroxyl groups is 1. The van der Waals surface area contributed by atoms with Crippen LogP contribution < -0.4 is 10.2 Å². The predicted molar refractivity (Wildman–Crippen MR) is 59.7 cm³/mol. The number of nitrogens with zero attached hydrogens (tertiary/aromatic N) is 1. The molecule has 1 aromatic rings. The quantitative estimate of drug-likeness (QED) is 0.786. The van der Waals surface area contributed by atoms with Gasteiger partial charge >= 0.3 is 0 Å². The first-order valence-corrected chi connectivity index (χ1v) is 4.90. The van der Waals surface area contributed by atoms with Crippen molar-refractivity contribution in [2.24, 2.45) is 0 Å². The second-order valence-corrected chi connectivity index (χ2v) is 3.42. The Labute approximate surface area is 93.7 Å². The third kappa shape index (κ3) is 2.70. The number of amides is 1. The first-order chi connectivity index (χ1) is 7.60. The minimum Gasteiger partial charge on any atom is -0.391 e. The molecule has 0 bridgehead atoms. The van der Waals surface area contributed by atoms with Crippen LogP contribution in [-0.2, 0) is 11.4 Å². The van der Waals surface area contributed by atoms with E-state index in [1.807, 2.05) is 0 Å². The number of anilines is 1. The van der Waals surface area contributed by atoms with Gasteiger partial charge in [0.25, 0.3) is 0 Å². The Hall–Kier alpha value is -1.62. The molecule has 0 saturated carbocycles. The summed E-state index contributed by atoms with van der Waals surface area (Å²) in [5.41, 5.74) is 0.722. The number of hydrogen-bond donors (Lipinski definition) is 2. The highest BCUT2D eigenvalue weighted by molar-refractivity contribution is 5.81. The van der Waals surface area contributed by atoms with Crippen LogP contribution in [0.15, 0.2) is 18.2 Å². The van der Waals surface area contributed by atoms with Crippen molar-refractivity contribution in [2.75, 3.05) is 25.5 Å². The number of benzene rings is 1. The van der Waals surface area contributed by atoms with Crippen LogP contribution in [0, 0.1) is 5.82 Å². The Morgan fingerprint density at radius 2 is 2.25 bits per heavy atom. The molecule has 0 aliphatic heterocycles. The normalized spacial score (nSPS) is 10.0. The summed E-state index contributed by atoms with van der Waals surface area (Å²) >= 11 is 0. The van der Waals surface area contributed by atoms with E-state index in [1.54, 1.807) is 24.1 Å². The first-order valence-electron chi connectivity index (χ1n) is 4.90. The topological polar surface area (TPSA) is 52.6 Å². The minimum absolute atomic E-state index is 0.118. The smallest absolute Gasteiger partial charge is 0.239 e. The first kappa shape index (κ1) is 12.4. The van der Waals surface area contributed by atoms with Gasteiger partial charge in [-0.3, -0.25) is 4.79 Å². The standard InChI is InChI=1S/C11H15FN2O2/c1-13-11(16)6-14(2)10-5-3-4-9(12)8(10)7-15/h3-5,15H,6-7H2,1-2H3,(H,13,16). The molecule has 0 heterocycles. The monoisotopic (exact) mass is 226 g/mol. The van der Waals surface area contributed by atoms with Crippen molar-refractivity contribution in [3.8, 4) is 0 Å². The van der Waals surface area contributed by atoms with Crippen LogP contribution in [-0.4, -0.2) is 31.7 Å². The summed E-state index contributed by atoms with van der Waals surface area (Å²) < 4.78 is 13.3. The van der Waals surface area contributed by atoms with Gasteiger partial charge in [0, 0.05) is 25.3 Å². The van der Waals surface area contributed by atoms with Crippen LogP contribution in [0.5, 0.6) is 0 Å². The number of nitrogens with one attached hydrogen (secondary N) is 1. The molecule has 2 N–H and O–H groups in total. The summed E-state index contributed by atoms with van der Waals surface area (Å²) in [5, 5.41) is 11.6. The average molecular weight is 226 g/mol. The highest BCUT2D eigenvalue weighted by Gasteiger charge is 2.12. The van der Waals surface area contributed by atoms with Crippen molar-refractivity contribution in [3.63, 3.8) is 0 Å². The second kappa shape index (κ2) is 5.46. The number of aliphatic hydroxyl groups excluding tert-OH is 1. The van der Waals surface area contributed by atoms with E-state index in [0.29, 0.717) is 5.69 Å². The van der Waals surface area contributed by atoms with E-state index in [-0.39, 0.29) is 24.6 Å². The van der Waals surface area contributed by atoms with Gasteiger partial charge in [-0.1, -0.05) is 6.07 Å². The maximum absolute atomic E-state index is 13.3. The van der Waals surface area contributed by atoms with E-state index in [1.165, 1.54) is 13.1 Å². The number of rotatable bonds is 4. The van der Waals surface area contributed by atoms with Crippen molar-refractivity contribution in [2.45, 2.75) is 6.61 Å². The Morgan fingerprint density at radius 1 is 1.56 bits per heavy atom. The largest absolute Gasteiger partial charge is 0.391 e. The molecule has 5 heteroatoms. The van der Waals surface area contributed by atoms with E-state index in [0.717, 1.165) is 0 Å². The van der Waals surface area contributed by atoms with Gasteiger partial charge < -0.3 is 15.3 Å². The molecule has 1 aromatic carbocycles. The van der Waals surface area contributed by atoms with Crippen LogP contribution in [0.4, 0.5) is 10.1 Å². The van der Waals surface area contributed by atoms with Crippen LogP contribution >= 0.6 is 0 Å². The highest BCUT2D eigenvalue weighted by Crippen LogP contribution is 2.21. The lowest BCUT2D eigenvalue weighted by molar-refractivity contribution is -0.119. The SMILES string of the molecule is CNC(=O)CN(C)c1cccc(F)c1CO. The maximum atomic E-state index is 13.3. The lowest BCUT2D eigenvalue weighted by Crippen LogP contribution is -2.33. The van der Waals surface area contributed by atoms with E-state index in [4.69, 9.17) is 5.11 Å². The predicted octanol–water partition coefficient (Wildman–Crippen LogP) is 0.500. The summed E-state index contributed by atoms with van der Waals surface area (Å²) in [7, 11) is 3.21. The van der Waals surface area contributed by atoms with Crippen molar-refractivity contribution in [1.82, 2.24) is 5.32 Å². The zero-order valence-electron chi connectivity index (χ0n) is 9.33. The summed E-state index contributed by atoms with van der Waals surface area (Å²) in [6.07, 6.45) is 0. The van der Waals surface area contributed by atoms with Gasteiger partial charge in [0.1, 0.15) is 5.82 Å². The van der Waals surface area contributed by atoms with Gasteiger partial charge in [-0.25, -0.2) is 4.39 Å². The third-order valence-corrected chi connectivity index (χ3v) is 2.32. The lowest BCUT2D eigenvalue weighted by atomic mass is 10.1. The Balaban J connectivity index is 2.94. The Bertz CT molecular complexity index is 382. The molecule has 0 fully saturated rings. The van der Waals surface area contributed by atoms with Gasteiger partial charge in [0.15, 0.2) is 0 Å². The van der Waals surface area contributed by atoms with Crippen molar-refractivity contribution < 1.29 is 14.3 Å². The van der Waals surface area contributed by atoms with Crippen molar-refractivity contribution in [3.05, 3.63) is 29.6 Å². The van der Waals surface area contributed by atoms with E-state index in [9.17, 15) is 9.18 Å². The highest BCUT2D eigenvalue weighted by atomic mass is 19.1. The fourth-order valence-electron chi connectivity index (χ4n) is 1.44. The van der Waals surface area contributed by atoms with E-state index < -0.39 is 5.82 Å². The Kier molecular flexibility index (Phi) is 4.25. The number of halogens is 1. The summed E-state index contributed by atoms with van der Waals surface area (Å²) in [6, 6.07) is 4.49. The van der Waals surface area contributed by atoms with Gasteiger partial charge in [-0.15, -0.1) is 0 Å². The van der Waals surface area contributed by atoms with Crippen LogP contribution in [0.25, 0.3) is 0 Å². The molecule has 0 saturated heterocycles. The number of carbonyl (C=O) groups is 1. The molecule has 4 nitrogen and oxygen atoms in total.